The van der Waals surface area contributed by atoms with Gasteiger partial charge in [0, 0.05) is 16.6 Å². The van der Waals surface area contributed by atoms with Gasteiger partial charge in [-0.05, 0) is 55.0 Å². The first-order chi connectivity index (χ1) is 16.9. The summed E-state index contributed by atoms with van der Waals surface area (Å²) in [5, 5.41) is 11.5. The van der Waals surface area contributed by atoms with E-state index in [1.807, 2.05) is 37.3 Å². The molecule has 0 aliphatic carbocycles. The fourth-order valence-electron chi connectivity index (χ4n) is 3.57. The van der Waals surface area contributed by atoms with Crippen LogP contribution in [0.1, 0.15) is 21.6 Å². The van der Waals surface area contributed by atoms with Crippen molar-refractivity contribution in [1.82, 2.24) is 15.4 Å². The number of halogens is 1. The number of aliphatic hydroxyl groups excluding tert-OH is 1. The minimum atomic E-state index is -0.519. The minimum Gasteiger partial charge on any atom is -0.396 e. The lowest BCUT2D eigenvalue weighted by atomic mass is 10.1. The van der Waals surface area contributed by atoms with E-state index >= 15 is 0 Å². The maximum Gasteiger partial charge on any atom is 0.276 e. The number of nitrogens with zero attached hydrogens (tertiary/aromatic N) is 3. The second kappa shape index (κ2) is 10.7. The van der Waals surface area contributed by atoms with Gasteiger partial charge in [-0.1, -0.05) is 29.8 Å². The number of carbonyl (C=O) groups is 1. The van der Waals surface area contributed by atoms with E-state index in [2.05, 4.69) is 15.4 Å². The largest absolute Gasteiger partial charge is 0.396 e. The van der Waals surface area contributed by atoms with Crippen molar-refractivity contribution in [1.29, 1.82) is 0 Å². The molecular weight excluding hydrogens is 468 g/mol. The number of fused-ring (bicyclic) bond motifs is 1. The number of hydrazine groups is 1. The molecule has 180 valence electrons. The molecule has 0 bridgehead atoms. The molecule has 4 aromatic rings. The van der Waals surface area contributed by atoms with E-state index in [9.17, 15) is 4.79 Å². The van der Waals surface area contributed by atoms with Crippen molar-refractivity contribution in [2.24, 2.45) is 5.84 Å². The fraction of sp³-hybridized carbons (Fsp3) is 0.160. The zero-order valence-electron chi connectivity index (χ0n) is 19.0. The Morgan fingerprint density at radius 1 is 1.11 bits per heavy atom. The van der Waals surface area contributed by atoms with E-state index < -0.39 is 5.91 Å². The molecule has 0 fully saturated rings. The fourth-order valence-corrected chi connectivity index (χ4v) is 3.84. The highest BCUT2D eigenvalue weighted by molar-refractivity contribution is 6.34. The highest BCUT2D eigenvalue weighted by Crippen LogP contribution is 2.29. The number of aryl methyl sites for hydroxylation is 1. The van der Waals surface area contributed by atoms with Gasteiger partial charge in [-0.2, -0.15) is 0 Å². The van der Waals surface area contributed by atoms with Crippen molar-refractivity contribution < 1.29 is 14.7 Å². The number of benzene rings is 2. The van der Waals surface area contributed by atoms with Gasteiger partial charge in [0.25, 0.3) is 5.91 Å². The number of amides is 1. The summed E-state index contributed by atoms with van der Waals surface area (Å²) in [6.45, 7) is 2.11. The SMILES string of the molecule is Cc1ccc2cc(CN(N)c3nc(-c4ccc(C(=O)NOCCO)c(Cl)c4)ccc3N)ccc2n1. The van der Waals surface area contributed by atoms with Crippen LogP contribution in [0, 0.1) is 6.92 Å². The summed E-state index contributed by atoms with van der Waals surface area (Å²) >= 11 is 6.33. The molecule has 0 spiro atoms. The number of aromatic nitrogens is 2. The summed E-state index contributed by atoms with van der Waals surface area (Å²) < 4.78 is 0. The van der Waals surface area contributed by atoms with E-state index in [1.54, 1.807) is 30.3 Å². The average Bonchev–Trinajstić information content (AvgIpc) is 2.84. The molecule has 1 amide bonds. The third-order valence-electron chi connectivity index (χ3n) is 5.29. The second-order valence-corrected chi connectivity index (χ2v) is 8.32. The van der Waals surface area contributed by atoms with Crippen LogP contribution in [0.15, 0.2) is 60.7 Å². The summed E-state index contributed by atoms with van der Waals surface area (Å²) in [7, 11) is 0. The van der Waals surface area contributed by atoms with Crippen LogP contribution in [-0.2, 0) is 11.4 Å². The Balaban J connectivity index is 1.55. The molecule has 2 aromatic heterocycles. The monoisotopic (exact) mass is 492 g/mol. The van der Waals surface area contributed by atoms with E-state index in [1.165, 1.54) is 5.01 Å². The summed E-state index contributed by atoms with van der Waals surface area (Å²) in [5.41, 5.74) is 13.2. The molecule has 0 radical (unpaired) electrons. The maximum atomic E-state index is 12.2. The first-order valence-corrected chi connectivity index (χ1v) is 11.2. The van der Waals surface area contributed by atoms with Crippen molar-refractivity contribution in [3.8, 4) is 11.3 Å². The topological polar surface area (TPSA) is 140 Å². The molecule has 10 heteroatoms. The number of hydroxylamine groups is 1. The predicted molar refractivity (Wildman–Crippen MR) is 136 cm³/mol. The Bertz CT molecular complexity index is 1380. The molecular formula is C25H25ClN6O3. The van der Waals surface area contributed by atoms with Crippen LogP contribution in [-0.4, -0.2) is 34.2 Å². The van der Waals surface area contributed by atoms with E-state index in [0.29, 0.717) is 29.3 Å². The Kier molecular flexibility index (Phi) is 7.42. The van der Waals surface area contributed by atoms with Crippen LogP contribution in [0.2, 0.25) is 5.02 Å². The molecule has 0 saturated heterocycles. The molecule has 2 aromatic carbocycles. The normalized spacial score (nSPS) is 11.0. The number of nitrogens with two attached hydrogens (primary N) is 2. The number of aliphatic hydroxyl groups is 1. The number of anilines is 2. The first kappa shape index (κ1) is 24.4. The van der Waals surface area contributed by atoms with Gasteiger partial charge in [0.1, 0.15) is 0 Å². The zero-order valence-corrected chi connectivity index (χ0v) is 19.8. The predicted octanol–water partition coefficient (Wildman–Crippen LogP) is 3.37. The van der Waals surface area contributed by atoms with Gasteiger partial charge in [-0.25, -0.2) is 16.3 Å². The van der Waals surface area contributed by atoms with Crippen molar-refractivity contribution in [2.45, 2.75) is 13.5 Å². The third kappa shape index (κ3) is 5.67. The minimum absolute atomic E-state index is 0.0229. The number of rotatable bonds is 8. The molecule has 35 heavy (non-hydrogen) atoms. The number of nitrogen functional groups attached to an aromatic ring is 1. The Morgan fingerprint density at radius 3 is 2.71 bits per heavy atom. The van der Waals surface area contributed by atoms with Crippen LogP contribution in [0.25, 0.3) is 22.2 Å². The number of nitrogens with one attached hydrogen (secondary N) is 1. The van der Waals surface area contributed by atoms with Crippen molar-refractivity contribution in [3.05, 3.63) is 82.5 Å². The first-order valence-electron chi connectivity index (χ1n) is 10.8. The van der Waals surface area contributed by atoms with Crippen LogP contribution in [0.3, 0.4) is 0 Å². The van der Waals surface area contributed by atoms with Gasteiger partial charge in [0.2, 0.25) is 0 Å². The lowest BCUT2D eigenvalue weighted by Gasteiger charge is -2.20. The zero-order chi connectivity index (χ0) is 24.9. The molecule has 0 atom stereocenters. The van der Waals surface area contributed by atoms with Gasteiger partial charge in [-0.15, -0.1) is 0 Å². The second-order valence-electron chi connectivity index (χ2n) is 7.91. The Labute approximate surface area is 207 Å². The van der Waals surface area contributed by atoms with Gasteiger partial charge < -0.3 is 10.8 Å². The summed E-state index contributed by atoms with van der Waals surface area (Å²) in [6.07, 6.45) is 0. The smallest absolute Gasteiger partial charge is 0.276 e. The molecule has 2 heterocycles. The van der Waals surface area contributed by atoms with Crippen molar-refractivity contribution >= 4 is 39.9 Å². The molecule has 0 aliphatic rings. The maximum absolute atomic E-state index is 12.2. The van der Waals surface area contributed by atoms with Crippen molar-refractivity contribution in [2.75, 3.05) is 24.0 Å². The molecule has 4 rings (SSSR count). The number of carbonyl (C=O) groups excluding carboxylic acids is 1. The third-order valence-corrected chi connectivity index (χ3v) is 5.60. The summed E-state index contributed by atoms with van der Waals surface area (Å²) in [6, 6.07) is 18.4. The van der Waals surface area contributed by atoms with Crippen molar-refractivity contribution in [3.63, 3.8) is 0 Å². The molecule has 0 saturated carbocycles. The summed E-state index contributed by atoms with van der Waals surface area (Å²) in [4.78, 5) is 26.2. The molecule has 0 unspecified atom stereocenters. The lowest BCUT2D eigenvalue weighted by Crippen LogP contribution is -2.31. The Hall–Kier alpha value is -3.76. The van der Waals surface area contributed by atoms with Gasteiger partial charge in [-0.3, -0.25) is 19.6 Å². The van der Waals surface area contributed by atoms with Crippen LogP contribution < -0.4 is 22.1 Å². The quantitative estimate of drug-likeness (QED) is 0.167. The average molecular weight is 493 g/mol. The van der Waals surface area contributed by atoms with Gasteiger partial charge in [0.05, 0.1) is 47.2 Å². The molecule has 6 N–H and O–H groups in total. The highest BCUT2D eigenvalue weighted by atomic mass is 35.5. The molecule has 9 nitrogen and oxygen atoms in total. The van der Waals surface area contributed by atoms with E-state index in [-0.39, 0.29) is 23.8 Å². The number of hydrogen-bond acceptors (Lipinski definition) is 8. The van der Waals surface area contributed by atoms with Gasteiger partial charge >= 0.3 is 0 Å². The van der Waals surface area contributed by atoms with E-state index in [4.69, 9.17) is 33.1 Å². The molecule has 0 aliphatic heterocycles. The Morgan fingerprint density at radius 2 is 1.94 bits per heavy atom. The standard InChI is InChI=1S/C25H25ClN6O3/c1-15-2-4-17-12-16(3-8-22(17)29-15)14-32(28)24-21(27)7-9-23(30-24)18-5-6-19(20(26)13-18)25(34)31-35-11-10-33/h2-9,12-13,33H,10-11,14,27-28H2,1H3,(H,31,34). The van der Waals surface area contributed by atoms with E-state index in [0.717, 1.165) is 22.2 Å². The lowest BCUT2D eigenvalue weighted by molar-refractivity contribution is 0.0168. The van der Waals surface area contributed by atoms with Crippen LogP contribution >= 0.6 is 11.6 Å². The van der Waals surface area contributed by atoms with Crippen LogP contribution in [0.5, 0.6) is 0 Å². The number of pyridine rings is 2. The van der Waals surface area contributed by atoms with Gasteiger partial charge in [0.15, 0.2) is 5.82 Å². The van der Waals surface area contributed by atoms with Crippen LogP contribution in [0.4, 0.5) is 11.5 Å². The summed E-state index contributed by atoms with van der Waals surface area (Å²) in [5.74, 6) is 6.26. The highest BCUT2D eigenvalue weighted by Gasteiger charge is 2.15. The number of hydrogen-bond donors (Lipinski definition) is 4.